The average Bonchev–Trinajstić information content (AvgIpc) is 2.89. The van der Waals surface area contributed by atoms with Crippen molar-refractivity contribution in [2.45, 2.75) is 51.5 Å². The Labute approximate surface area is 239 Å². The van der Waals surface area contributed by atoms with Crippen molar-refractivity contribution in [2.24, 2.45) is 17.8 Å². The summed E-state index contributed by atoms with van der Waals surface area (Å²) in [4.78, 5) is 0. The summed E-state index contributed by atoms with van der Waals surface area (Å²) >= 11 is 0. The fraction of sp³-hybridized carbons (Fsp3) is 0.400. The molecule has 0 spiro atoms. The van der Waals surface area contributed by atoms with E-state index < -0.39 is 64.2 Å². The van der Waals surface area contributed by atoms with Crippen LogP contribution in [0.5, 0.6) is 17.2 Å². The van der Waals surface area contributed by atoms with Gasteiger partial charge in [-0.25, -0.2) is 22.0 Å². The van der Waals surface area contributed by atoms with Gasteiger partial charge in [-0.15, -0.1) is 13.2 Å². The predicted molar refractivity (Wildman–Crippen MR) is 133 cm³/mol. The summed E-state index contributed by atoms with van der Waals surface area (Å²) in [6, 6.07) is 3.13. The third-order valence-electron chi connectivity index (χ3n) is 7.89. The van der Waals surface area contributed by atoms with Crippen molar-refractivity contribution in [1.82, 2.24) is 0 Å². The van der Waals surface area contributed by atoms with Crippen LogP contribution in [0, 0.1) is 46.8 Å². The van der Waals surface area contributed by atoms with Gasteiger partial charge in [-0.2, -0.15) is 8.78 Å². The van der Waals surface area contributed by atoms with Crippen LogP contribution in [0.2, 0.25) is 0 Å². The van der Waals surface area contributed by atoms with Gasteiger partial charge in [0.05, 0.1) is 6.61 Å². The standard InChI is InChI=1S/C30H24F10O3/c1-14-2-4-15(5-3-14)18-6-17-9-21(31)20(12-26(17)41-13-18)16-7-22(32)27(23(33)8-16)29(36,37)42-19-10-24(34)28(25(35)11-19)43-30(38,39)40/h7-12,14-15,18H,2-6,13H2,1H3. The van der Waals surface area contributed by atoms with Crippen LogP contribution in [0.4, 0.5) is 43.9 Å². The highest BCUT2D eigenvalue weighted by molar-refractivity contribution is 5.68. The number of ether oxygens (including phenoxy) is 3. The van der Waals surface area contributed by atoms with Gasteiger partial charge in [0, 0.05) is 17.7 Å². The van der Waals surface area contributed by atoms with E-state index in [1.165, 1.54) is 12.1 Å². The quantitative estimate of drug-likeness (QED) is 0.257. The van der Waals surface area contributed by atoms with Crippen LogP contribution >= 0.6 is 0 Å². The van der Waals surface area contributed by atoms with Crippen molar-refractivity contribution < 1.29 is 58.1 Å². The van der Waals surface area contributed by atoms with Crippen molar-refractivity contribution in [3.8, 4) is 28.4 Å². The molecule has 3 aromatic carbocycles. The topological polar surface area (TPSA) is 27.7 Å². The molecule has 1 fully saturated rings. The Hall–Kier alpha value is -3.64. The molecule has 1 atom stereocenters. The normalized spacial score (nSPS) is 20.8. The first kappa shape index (κ1) is 30.8. The number of fused-ring (bicyclic) bond motifs is 1. The fourth-order valence-electron chi connectivity index (χ4n) is 5.72. The highest BCUT2D eigenvalue weighted by Gasteiger charge is 2.42. The van der Waals surface area contributed by atoms with Crippen molar-refractivity contribution in [3.05, 3.63) is 76.6 Å². The molecule has 0 radical (unpaired) electrons. The SMILES string of the molecule is CC1CCC(C2COc3cc(-c4cc(F)c(C(F)(F)Oc5cc(F)c(OC(F)(F)F)c(F)c5)c(F)c4)c(F)cc3C2)CC1. The van der Waals surface area contributed by atoms with Crippen molar-refractivity contribution in [2.75, 3.05) is 6.61 Å². The molecule has 1 saturated carbocycles. The lowest BCUT2D eigenvalue weighted by atomic mass is 9.74. The van der Waals surface area contributed by atoms with Crippen LogP contribution in [0.1, 0.15) is 43.7 Å². The van der Waals surface area contributed by atoms with Crippen molar-refractivity contribution >= 4 is 0 Å². The Morgan fingerprint density at radius 2 is 1.30 bits per heavy atom. The van der Waals surface area contributed by atoms with E-state index in [-0.39, 0.29) is 23.6 Å². The highest BCUT2D eigenvalue weighted by Crippen LogP contribution is 2.43. The molecule has 0 N–H and O–H groups in total. The molecule has 3 aromatic rings. The molecule has 1 aliphatic heterocycles. The van der Waals surface area contributed by atoms with E-state index in [4.69, 9.17) is 4.74 Å². The minimum atomic E-state index is -5.50. The van der Waals surface area contributed by atoms with Crippen molar-refractivity contribution in [3.63, 3.8) is 0 Å². The number of hydrogen-bond donors (Lipinski definition) is 0. The molecule has 3 nitrogen and oxygen atoms in total. The van der Waals surface area contributed by atoms with E-state index >= 15 is 4.39 Å². The van der Waals surface area contributed by atoms with E-state index in [1.807, 2.05) is 0 Å². The van der Waals surface area contributed by atoms with Gasteiger partial charge in [-0.1, -0.05) is 19.8 Å². The molecule has 2 aliphatic rings. The molecule has 5 rings (SSSR count). The lowest BCUT2D eigenvalue weighted by Crippen LogP contribution is -2.30. The highest BCUT2D eigenvalue weighted by atomic mass is 19.4. The summed E-state index contributed by atoms with van der Waals surface area (Å²) in [5.74, 6) is -10.5. The molecule has 0 saturated heterocycles. The Kier molecular flexibility index (Phi) is 8.21. The number of hydrogen-bond acceptors (Lipinski definition) is 3. The van der Waals surface area contributed by atoms with Gasteiger partial charge in [0.2, 0.25) is 5.75 Å². The Morgan fingerprint density at radius 3 is 1.88 bits per heavy atom. The van der Waals surface area contributed by atoms with Crippen LogP contribution in [0.3, 0.4) is 0 Å². The molecular formula is C30H24F10O3. The third-order valence-corrected chi connectivity index (χ3v) is 7.89. The molecule has 232 valence electrons. The van der Waals surface area contributed by atoms with Gasteiger partial charge in [-0.3, -0.25) is 0 Å². The van der Waals surface area contributed by atoms with Gasteiger partial charge in [-0.05, 0) is 72.4 Å². The summed E-state index contributed by atoms with van der Waals surface area (Å²) < 4.78 is 152. The monoisotopic (exact) mass is 622 g/mol. The largest absolute Gasteiger partial charge is 0.573 e. The van der Waals surface area contributed by atoms with Gasteiger partial charge in [0.15, 0.2) is 11.6 Å². The average molecular weight is 622 g/mol. The minimum absolute atomic E-state index is 0.0793. The number of benzene rings is 3. The first-order valence-electron chi connectivity index (χ1n) is 13.4. The van der Waals surface area contributed by atoms with Crippen LogP contribution in [0.15, 0.2) is 36.4 Å². The Balaban J connectivity index is 1.38. The first-order valence-corrected chi connectivity index (χ1v) is 13.4. The van der Waals surface area contributed by atoms with E-state index in [0.717, 1.165) is 25.7 Å². The Morgan fingerprint density at radius 1 is 0.698 bits per heavy atom. The first-order chi connectivity index (χ1) is 20.1. The molecule has 1 unspecified atom stereocenters. The maximum absolute atomic E-state index is 15.2. The predicted octanol–water partition coefficient (Wildman–Crippen LogP) is 9.45. The summed E-state index contributed by atoms with van der Waals surface area (Å²) in [5, 5.41) is 0. The second-order valence-electron chi connectivity index (χ2n) is 10.9. The van der Waals surface area contributed by atoms with Crippen LogP contribution in [-0.4, -0.2) is 13.0 Å². The summed E-state index contributed by atoms with van der Waals surface area (Å²) in [6.07, 6.45) is -5.53. The molecule has 0 aromatic heterocycles. The lowest BCUT2D eigenvalue weighted by molar-refractivity contribution is -0.276. The zero-order chi connectivity index (χ0) is 31.3. The fourth-order valence-corrected chi connectivity index (χ4v) is 5.72. The van der Waals surface area contributed by atoms with E-state index in [9.17, 15) is 39.5 Å². The zero-order valence-electron chi connectivity index (χ0n) is 22.4. The van der Waals surface area contributed by atoms with E-state index in [0.29, 0.717) is 48.3 Å². The van der Waals surface area contributed by atoms with Gasteiger partial charge >= 0.3 is 12.5 Å². The molecule has 0 amide bonds. The molecule has 1 aliphatic carbocycles. The van der Waals surface area contributed by atoms with Gasteiger partial charge < -0.3 is 14.2 Å². The smallest absolute Gasteiger partial charge is 0.493 e. The number of rotatable bonds is 6. The summed E-state index contributed by atoms with van der Waals surface area (Å²) in [6.45, 7) is 2.58. The number of halogens is 10. The molecular weight excluding hydrogens is 598 g/mol. The maximum Gasteiger partial charge on any atom is 0.573 e. The van der Waals surface area contributed by atoms with Crippen molar-refractivity contribution in [1.29, 1.82) is 0 Å². The summed E-state index contributed by atoms with van der Waals surface area (Å²) in [7, 11) is 0. The number of alkyl halides is 5. The summed E-state index contributed by atoms with van der Waals surface area (Å²) in [5.41, 5.74) is -2.15. The molecule has 1 heterocycles. The second-order valence-corrected chi connectivity index (χ2v) is 10.9. The van der Waals surface area contributed by atoms with Gasteiger partial charge in [0.25, 0.3) is 0 Å². The lowest BCUT2D eigenvalue weighted by Gasteiger charge is -2.35. The van der Waals surface area contributed by atoms with Crippen LogP contribution in [0.25, 0.3) is 11.1 Å². The van der Waals surface area contributed by atoms with Crippen LogP contribution in [-0.2, 0) is 12.5 Å². The molecule has 13 heteroatoms. The second kappa shape index (κ2) is 11.5. The minimum Gasteiger partial charge on any atom is -0.493 e. The molecule has 0 bridgehead atoms. The third kappa shape index (κ3) is 6.65. The van der Waals surface area contributed by atoms with Gasteiger partial charge in [0.1, 0.15) is 34.5 Å². The van der Waals surface area contributed by atoms with E-state index in [2.05, 4.69) is 16.4 Å². The maximum atomic E-state index is 15.2. The van der Waals surface area contributed by atoms with E-state index in [1.54, 1.807) is 0 Å². The zero-order valence-corrected chi connectivity index (χ0v) is 22.4. The molecule has 43 heavy (non-hydrogen) atoms. The Bertz CT molecular complexity index is 1470. The van der Waals surface area contributed by atoms with Crippen LogP contribution < -0.4 is 14.2 Å².